The second-order valence-corrected chi connectivity index (χ2v) is 8.30. The second-order valence-electron chi connectivity index (χ2n) is 8.30. The predicted molar refractivity (Wildman–Crippen MR) is 73.9 cm³/mol. The number of hydrogen-bond acceptors (Lipinski definition) is 1. The van der Waals surface area contributed by atoms with Crippen LogP contribution in [0.3, 0.4) is 0 Å². The molecule has 100 valence electrons. The van der Waals surface area contributed by atoms with Gasteiger partial charge in [0.15, 0.2) is 0 Å². The first-order valence-electron chi connectivity index (χ1n) is 7.01. The Morgan fingerprint density at radius 1 is 1.06 bits per heavy atom. The molecule has 0 amide bonds. The fourth-order valence-electron chi connectivity index (χ4n) is 5.24. The molecule has 2 rings (SSSR count). The predicted octanol–water partition coefficient (Wildman–Crippen LogP) is 2.45. The number of hydrogen-bond donors (Lipinski definition) is 0. The zero-order chi connectivity index (χ0) is 13.2. The third kappa shape index (κ3) is 1.53. The average molecular weight is 239 g/mol. The first kappa shape index (κ1) is 13.4. The molecule has 0 radical (unpaired) electrons. The summed E-state index contributed by atoms with van der Waals surface area (Å²) in [4.78, 5) is 2.49. The molecule has 0 aromatic rings. The van der Waals surface area contributed by atoms with Crippen LogP contribution in [0.25, 0.3) is 0 Å². The van der Waals surface area contributed by atoms with Crippen molar-refractivity contribution in [3.63, 3.8) is 0 Å². The lowest BCUT2D eigenvalue weighted by Crippen LogP contribution is -2.61. The SMILES string of the molecule is CN(C)[C@H]1[C@H]2CC[C@@](C)([C@@H]1[N+](C)(C)C)C2(C)C. The van der Waals surface area contributed by atoms with E-state index < -0.39 is 0 Å². The van der Waals surface area contributed by atoms with Gasteiger partial charge in [0, 0.05) is 5.41 Å². The largest absolute Gasteiger partial charge is 0.327 e. The van der Waals surface area contributed by atoms with E-state index in [2.05, 4.69) is 60.9 Å². The molecule has 2 bridgehead atoms. The smallest absolute Gasteiger partial charge is 0.110 e. The molecular formula is C15H31N2+. The van der Waals surface area contributed by atoms with Gasteiger partial charge in [0.25, 0.3) is 0 Å². The van der Waals surface area contributed by atoms with Crippen LogP contribution in [0.5, 0.6) is 0 Å². The molecule has 2 aliphatic rings. The third-order valence-electron chi connectivity index (χ3n) is 6.19. The van der Waals surface area contributed by atoms with Crippen molar-refractivity contribution in [2.24, 2.45) is 16.7 Å². The Hall–Kier alpha value is -0.0800. The minimum Gasteiger partial charge on any atom is -0.327 e. The molecule has 2 nitrogen and oxygen atoms in total. The third-order valence-corrected chi connectivity index (χ3v) is 6.19. The van der Waals surface area contributed by atoms with Gasteiger partial charge in [0.1, 0.15) is 6.04 Å². The summed E-state index contributed by atoms with van der Waals surface area (Å²) in [5.74, 6) is 0.866. The maximum Gasteiger partial charge on any atom is 0.110 e. The number of quaternary nitrogens is 1. The molecule has 2 saturated carbocycles. The summed E-state index contributed by atoms with van der Waals surface area (Å²) >= 11 is 0. The van der Waals surface area contributed by atoms with Gasteiger partial charge in [0.05, 0.1) is 27.2 Å². The lowest BCUT2D eigenvalue weighted by molar-refractivity contribution is -0.905. The van der Waals surface area contributed by atoms with Crippen molar-refractivity contribution < 1.29 is 4.48 Å². The fourth-order valence-corrected chi connectivity index (χ4v) is 5.24. The number of fused-ring (bicyclic) bond motifs is 2. The van der Waals surface area contributed by atoms with E-state index in [1.807, 2.05) is 0 Å². The molecule has 0 aliphatic heterocycles. The van der Waals surface area contributed by atoms with E-state index in [9.17, 15) is 0 Å². The van der Waals surface area contributed by atoms with E-state index in [0.717, 1.165) is 22.5 Å². The molecule has 4 atom stereocenters. The van der Waals surface area contributed by atoms with Crippen molar-refractivity contribution >= 4 is 0 Å². The summed E-state index contributed by atoms with van der Waals surface area (Å²) in [6.07, 6.45) is 2.83. The van der Waals surface area contributed by atoms with Crippen LogP contribution in [0.2, 0.25) is 0 Å². The van der Waals surface area contributed by atoms with Crippen LogP contribution in [-0.2, 0) is 0 Å². The van der Waals surface area contributed by atoms with Gasteiger partial charge in [-0.3, -0.25) is 0 Å². The topological polar surface area (TPSA) is 3.24 Å². The molecule has 2 fully saturated rings. The molecule has 0 N–H and O–H groups in total. The summed E-state index contributed by atoms with van der Waals surface area (Å²) in [6, 6.07) is 1.50. The summed E-state index contributed by atoms with van der Waals surface area (Å²) in [5, 5.41) is 0. The van der Waals surface area contributed by atoms with Crippen LogP contribution in [0.1, 0.15) is 33.6 Å². The van der Waals surface area contributed by atoms with Crippen LogP contribution in [0.15, 0.2) is 0 Å². The molecule has 17 heavy (non-hydrogen) atoms. The van der Waals surface area contributed by atoms with Crippen LogP contribution >= 0.6 is 0 Å². The molecular weight excluding hydrogens is 208 g/mol. The maximum atomic E-state index is 2.55. The molecule has 0 saturated heterocycles. The number of nitrogens with zero attached hydrogens (tertiary/aromatic N) is 2. The van der Waals surface area contributed by atoms with Gasteiger partial charge in [-0.15, -0.1) is 0 Å². The van der Waals surface area contributed by atoms with Crippen molar-refractivity contribution in [1.82, 2.24) is 4.90 Å². The standard InChI is InChI=1S/C15H31N2/c1-14(2)11-9-10-15(14,3)13(17(6,7)8)12(11)16(4)5/h11-13H,9-10H2,1-8H3/q+1/t11-,12+,13-,15+/m1/s1. The van der Waals surface area contributed by atoms with Gasteiger partial charge in [-0.25, -0.2) is 0 Å². The lowest BCUT2D eigenvalue weighted by atomic mass is 9.68. The lowest BCUT2D eigenvalue weighted by Gasteiger charge is -2.48. The van der Waals surface area contributed by atoms with E-state index in [0.29, 0.717) is 10.8 Å². The quantitative estimate of drug-likeness (QED) is 0.669. The Morgan fingerprint density at radius 3 is 1.94 bits per heavy atom. The highest BCUT2D eigenvalue weighted by Crippen LogP contribution is 2.67. The Morgan fingerprint density at radius 2 is 1.59 bits per heavy atom. The Balaban J connectivity index is 2.50. The van der Waals surface area contributed by atoms with Gasteiger partial charge in [-0.2, -0.15) is 0 Å². The minimum atomic E-state index is 0.484. The zero-order valence-corrected chi connectivity index (χ0v) is 13.0. The molecule has 0 aromatic heterocycles. The molecule has 2 heteroatoms. The van der Waals surface area contributed by atoms with Gasteiger partial charge >= 0.3 is 0 Å². The van der Waals surface area contributed by atoms with Gasteiger partial charge in [-0.05, 0) is 38.3 Å². The van der Waals surface area contributed by atoms with Crippen molar-refractivity contribution in [2.45, 2.75) is 45.7 Å². The number of likely N-dealkylation sites (N-methyl/N-ethyl adjacent to an activating group) is 2. The van der Waals surface area contributed by atoms with Crippen LogP contribution in [0.4, 0.5) is 0 Å². The average Bonchev–Trinajstić information content (AvgIpc) is 2.44. The fraction of sp³-hybridized carbons (Fsp3) is 1.00. The summed E-state index contributed by atoms with van der Waals surface area (Å²) in [7, 11) is 11.7. The maximum absolute atomic E-state index is 2.55. The van der Waals surface area contributed by atoms with E-state index in [1.165, 1.54) is 12.8 Å². The Labute approximate surface area is 108 Å². The van der Waals surface area contributed by atoms with Gasteiger partial charge < -0.3 is 9.38 Å². The van der Waals surface area contributed by atoms with E-state index in [-0.39, 0.29) is 0 Å². The Kier molecular flexibility index (Phi) is 2.73. The molecule has 0 heterocycles. The van der Waals surface area contributed by atoms with Crippen molar-refractivity contribution in [1.29, 1.82) is 0 Å². The second kappa shape index (κ2) is 3.48. The van der Waals surface area contributed by atoms with Gasteiger partial charge in [-0.1, -0.05) is 20.8 Å². The van der Waals surface area contributed by atoms with Crippen LogP contribution < -0.4 is 0 Å². The zero-order valence-electron chi connectivity index (χ0n) is 13.0. The summed E-state index contributed by atoms with van der Waals surface area (Å²) < 4.78 is 1.10. The highest BCUT2D eigenvalue weighted by Gasteiger charge is 2.70. The highest BCUT2D eigenvalue weighted by atomic mass is 15.4. The molecule has 2 aliphatic carbocycles. The highest BCUT2D eigenvalue weighted by molar-refractivity contribution is 5.17. The molecule has 0 unspecified atom stereocenters. The molecule has 0 spiro atoms. The minimum absolute atomic E-state index is 0.484. The van der Waals surface area contributed by atoms with Crippen molar-refractivity contribution in [3.8, 4) is 0 Å². The monoisotopic (exact) mass is 239 g/mol. The Bertz CT molecular complexity index is 313. The van der Waals surface area contributed by atoms with E-state index in [1.54, 1.807) is 0 Å². The first-order valence-corrected chi connectivity index (χ1v) is 7.01. The first-order chi connectivity index (χ1) is 7.53. The molecule has 0 aromatic carbocycles. The summed E-state index contributed by atoms with van der Waals surface area (Å²) in [5.41, 5.74) is 0.975. The normalized spacial score (nSPS) is 44.6. The summed E-state index contributed by atoms with van der Waals surface area (Å²) in [6.45, 7) is 7.57. The van der Waals surface area contributed by atoms with Gasteiger partial charge in [0.2, 0.25) is 0 Å². The van der Waals surface area contributed by atoms with Crippen LogP contribution in [-0.4, -0.2) is 56.7 Å². The van der Waals surface area contributed by atoms with E-state index in [4.69, 9.17) is 0 Å². The van der Waals surface area contributed by atoms with Crippen molar-refractivity contribution in [3.05, 3.63) is 0 Å². The van der Waals surface area contributed by atoms with E-state index >= 15 is 0 Å². The van der Waals surface area contributed by atoms with Crippen LogP contribution in [0, 0.1) is 16.7 Å². The van der Waals surface area contributed by atoms with Crippen molar-refractivity contribution in [2.75, 3.05) is 35.2 Å². The number of rotatable bonds is 2.